The van der Waals surface area contributed by atoms with E-state index in [1.807, 2.05) is 44.2 Å². The predicted octanol–water partition coefficient (Wildman–Crippen LogP) is 4.39. The molecule has 8 nitrogen and oxygen atoms in total. The van der Waals surface area contributed by atoms with Crippen LogP contribution in [-0.2, 0) is 20.7 Å². The van der Waals surface area contributed by atoms with Crippen molar-refractivity contribution in [1.82, 2.24) is 9.78 Å². The number of benzene rings is 1. The first-order valence-corrected chi connectivity index (χ1v) is 11.5. The van der Waals surface area contributed by atoms with Gasteiger partial charge in [-0.1, -0.05) is 25.1 Å². The van der Waals surface area contributed by atoms with E-state index < -0.39 is 24.5 Å². The van der Waals surface area contributed by atoms with Gasteiger partial charge in [0.2, 0.25) is 0 Å². The maximum Gasteiger partial charge on any atom is 0.342 e. The van der Waals surface area contributed by atoms with Crippen LogP contribution < -0.4 is 5.32 Å². The van der Waals surface area contributed by atoms with E-state index in [1.165, 1.54) is 11.3 Å². The SMILES string of the molecule is CCOC(=O)c1c(NC(=O)COC(=O)c2c(C)nn(-c3ccccc3)c2C)sc(C)c1CC. The Kier molecular flexibility index (Phi) is 7.65. The zero-order chi connectivity index (χ0) is 24.1. The Bertz CT molecular complexity index is 1180. The molecule has 0 saturated carbocycles. The maximum absolute atomic E-state index is 12.7. The maximum atomic E-state index is 12.7. The number of nitrogens with one attached hydrogen (secondary N) is 1. The molecule has 0 atom stereocenters. The monoisotopic (exact) mass is 469 g/mol. The second-order valence-corrected chi connectivity index (χ2v) is 8.56. The second kappa shape index (κ2) is 10.4. The van der Waals surface area contributed by atoms with E-state index in [0.29, 0.717) is 33.9 Å². The summed E-state index contributed by atoms with van der Waals surface area (Å²) in [5.41, 5.74) is 3.46. The zero-order valence-electron chi connectivity index (χ0n) is 19.4. The lowest BCUT2D eigenvalue weighted by atomic mass is 10.1. The number of hydrogen-bond acceptors (Lipinski definition) is 7. The highest BCUT2D eigenvalue weighted by Gasteiger charge is 2.25. The molecule has 0 bridgehead atoms. The van der Waals surface area contributed by atoms with Crippen LogP contribution in [0.4, 0.5) is 5.00 Å². The molecule has 3 aromatic rings. The summed E-state index contributed by atoms with van der Waals surface area (Å²) >= 11 is 1.30. The number of carbonyl (C=O) groups is 3. The van der Waals surface area contributed by atoms with Crippen molar-refractivity contribution < 1.29 is 23.9 Å². The van der Waals surface area contributed by atoms with Gasteiger partial charge in [0, 0.05) is 4.88 Å². The lowest BCUT2D eigenvalue weighted by molar-refractivity contribution is -0.119. The summed E-state index contributed by atoms with van der Waals surface area (Å²) in [5, 5.41) is 7.52. The van der Waals surface area contributed by atoms with Crippen molar-refractivity contribution in [3.05, 3.63) is 63.3 Å². The largest absolute Gasteiger partial charge is 0.462 e. The molecule has 0 saturated heterocycles. The Morgan fingerprint density at radius 2 is 1.67 bits per heavy atom. The molecule has 0 spiro atoms. The van der Waals surface area contributed by atoms with Gasteiger partial charge >= 0.3 is 11.9 Å². The third-order valence-electron chi connectivity index (χ3n) is 5.13. The van der Waals surface area contributed by atoms with Crippen molar-refractivity contribution in [2.45, 2.75) is 41.0 Å². The Labute approximate surface area is 196 Å². The van der Waals surface area contributed by atoms with Gasteiger partial charge in [-0.05, 0) is 51.8 Å². The number of anilines is 1. The number of aryl methyl sites for hydroxylation is 2. The Hall–Kier alpha value is -3.46. The fraction of sp³-hybridized carbons (Fsp3) is 0.333. The summed E-state index contributed by atoms with van der Waals surface area (Å²) in [6.07, 6.45) is 0.630. The summed E-state index contributed by atoms with van der Waals surface area (Å²) in [4.78, 5) is 38.6. The molecule has 0 aliphatic rings. The Balaban J connectivity index is 1.72. The van der Waals surface area contributed by atoms with Crippen LogP contribution in [0.5, 0.6) is 0 Å². The third-order valence-corrected chi connectivity index (χ3v) is 6.19. The van der Waals surface area contributed by atoms with E-state index >= 15 is 0 Å². The summed E-state index contributed by atoms with van der Waals surface area (Å²) in [6, 6.07) is 9.44. The van der Waals surface area contributed by atoms with Crippen LogP contribution in [0.2, 0.25) is 0 Å². The van der Waals surface area contributed by atoms with Gasteiger partial charge in [-0.25, -0.2) is 14.3 Å². The second-order valence-electron chi connectivity index (χ2n) is 7.33. The first-order chi connectivity index (χ1) is 15.8. The van der Waals surface area contributed by atoms with E-state index in [0.717, 1.165) is 16.1 Å². The number of ether oxygens (including phenoxy) is 2. The summed E-state index contributed by atoms with van der Waals surface area (Å²) in [6.45, 7) is 8.78. The number of thiophene rings is 1. The standard InChI is InChI=1S/C24H27N3O5S/c1-6-18-16(5)33-22(21(18)24(30)31-7-2)25-19(28)13-32-23(29)20-14(3)26-27(15(20)4)17-11-9-8-10-12-17/h8-12H,6-7,13H2,1-5H3,(H,25,28). The quantitative estimate of drug-likeness (QED) is 0.491. The molecule has 0 radical (unpaired) electrons. The number of amides is 1. The van der Waals surface area contributed by atoms with Gasteiger partial charge in [-0.2, -0.15) is 5.10 Å². The van der Waals surface area contributed by atoms with Gasteiger partial charge in [0.25, 0.3) is 5.91 Å². The smallest absolute Gasteiger partial charge is 0.342 e. The average Bonchev–Trinajstić information content (AvgIpc) is 3.27. The summed E-state index contributed by atoms with van der Waals surface area (Å²) in [7, 11) is 0. The normalized spacial score (nSPS) is 10.7. The molecule has 0 fully saturated rings. The van der Waals surface area contributed by atoms with E-state index in [-0.39, 0.29) is 6.61 Å². The predicted molar refractivity (Wildman–Crippen MR) is 126 cm³/mol. The number of para-hydroxylation sites is 1. The minimum absolute atomic E-state index is 0.233. The molecule has 3 rings (SSSR count). The van der Waals surface area contributed by atoms with Gasteiger partial charge in [0.1, 0.15) is 10.6 Å². The van der Waals surface area contributed by atoms with Crippen LogP contribution in [0, 0.1) is 20.8 Å². The van der Waals surface area contributed by atoms with Gasteiger partial charge in [-0.15, -0.1) is 11.3 Å². The lowest BCUT2D eigenvalue weighted by Gasteiger charge is -2.09. The third kappa shape index (κ3) is 5.14. The summed E-state index contributed by atoms with van der Waals surface area (Å²) < 4.78 is 12.1. The Morgan fingerprint density at radius 3 is 2.30 bits per heavy atom. The van der Waals surface area contributed by atoms with Crippen LogP contribution in [0.25, 0.3) is 5.69 Å². The van der Waals surface area contributed by atoms with Crippen LogP contribution in [0.15, 0.2) is 30.3 Å². The minimum Gasteiger partial charge on any atom is -0.462 e. The molecule has 1 N–H and O–H groups in total. The van der Waals surface area contributed by atoms with E-state index in [9.17, 15) is 14.4 Å². The molecule has 9 heteroatoms. The van der Waals surface area contributed by atoms with E-state index in [4.69, 9.17) is 9.47 Å². The van der Waals surface area contributed by atoms with Crippen molar-refractivity contribution in [3.8, 4) is 5.69 Å². The number of hydrogen-bond donors (Lipinski definition) is 1. The van der Waals surface area contributed by atoms with Gasteiger partial charge in [0.15, 0.2) is 6.61 Å². The molecule has 174 valence electrons. The van der Waals surface area contributed by atoms with Crippen LogP contribution in [0.1, 0.15) is 56.4 Å². The van der Waals surface area contributed by atoms with Crippen LogP contribution in [-0.4, -0.2) is 40.8 Å². The highest BCUT2D eigenvalue weighted by molar-refractivity contribution is 7.16. The first-order valence-electron chi connectivity index (χ1n) is 10.7. The van der Waals surface area contributed by atoms with Crippen molar-refractivity contribution >= 4 is 34.2 Å². The molecule has 33 heavy (non-hydrogen) atoms. The van der Waals surface area contributed by atoms with Crippen LogP contribution >= 0.6 is 11.3 Å². The number of rotatable bonds is 8. The molecule has 1 amide bonds. The molecule has 1 aromatic carbocycles. The fourth-order valence-corrected chi connectivity index (χ4v) is 4.79. The Morgan fingerprint density at radius 1 is 1.00 bits per heavy atom. The van der Waals surface area contributed by atoms with Crippen molar-refractivity contribution in [1.29, 1.82) is 0 Å². The van der Waals surface area contributed by atoms with E-state index in [2.05, 4.69) is 10.4 Å². The van der Waals surface area contributed by atoms with Crippen LogP contribution in [0.3, 0.4) is 0 Å². The molecule has 0 aliphatic carbocycles. The van der Waals surface area contributed by atoms with Gasteiger partial charge in [-0.3, -0.25) is 4.79 Å². The molecule has 2 aromatic heterocycles. The number of esters is 2. The van der Waals surface area contributed by atoms with Gasteiger partial charge < -0.3 is 14.8 Å². The lowest BCUT2D eigenvalue weighted by Crippen LogP contribution is -2.22. The van der Waals surface area contributed by atoms with Crippen molar-refractivity contribution in [3.63, 3.8) is 0 Å². The zero-order valence-corrected chi connectivity index (χ0v) is 20.2. The number of nitrogens with zero attached hydrogens (tertiary/aromatic N) is 2. The minimum atomic E-state index is -0.635. The molecule has 2 heterocycles. The first kappa shape index (κ1) is 24.2. The summed E-state index contributed by atoms with van der Waals surface area (Å²) in [5.74, 6) is -1.65. The highest BCUT2D eigenvalue weighted by Crippen LogP contribution is 2.34. The topological polar surface area (TPSA) is 99.5 Å². The van der Waals surface area contributed by atoms with Crippen molar-refractivity contribution in [2.24, 2.45) is 0 Å². The average molecular weight is 470 g/mol. The van der Waals surface area contributed by atoms with Crippen molar-refractivity contribution in [2.75, 3.05) is 18.5 Å². The highest BCUT2D eigenvalue weighted by atomic mass is 32.1. The molecule has 0 aliphatic heterocycles. The van der Waals surface area contributed by atoms with E-state index in [1.54, 1.807) is 25.5 Å². The van der Waals surface area contributed by atoms with Gasteiger partial charge in [0.05, 0.1) is 29.2 Å². The number of carbonyl (C=O) groups excluding carboxylic acids is 3. The molecular formula is C24H27N3O5S. The fourth-order valence-electron chi connectivity index (χ4n) is 3.64. The number of aromatic nitrogens is 2. The molecular weight excluding hydrogens is 442 g/mol. The molecule has 0 unspecified atom stereocenters.